The second-order valence-electron chi connectivity index (χ2n) is 5.53. The molecule has 106 valence electrons. The third-order valence-corrected chi connectivity index (χ3v) is 4.09. The normalized spacial score (nSPS) is 16.8. The Morgan fingerprint density at radius 2 is 2.05 bits per heavy atom. The van der Waals surface area contributed by atoms with Gasteiger partial charge in [0, 0.05) is 24.8 Å². The van der Waals surface area contributed by atoms with Gasteiger partial charge in [-0.3, -0.25) is 0 Å². The Hall–Kier alpha value is -1.02. The van der Waals surface area contributed by atoms with Crippen LogP contribution in [0.4, 0.5) is 5.69 Å². The summed E-state index contributed by atoms with van der Waals surface area (Å²) in [6.45, 7) is 7.88. The summed E-state index contributed by atoms with van der Waals surface area (Å²) in [5.41, 5.74) is 3.02. The van der Waals surface area contributed by atoms with Crippen molar-refractivity contribution in [2.45, 2.75) is 52.0 Å². The van der Waals surface area contributed by atoms with E-state index in [1.54, 1.807) is 0 Å². The Bertz CT molecular complexity index is 375. The van der Waals surface area contributed by atoms with Gasteiger partial charge in [-0.2, -0.15) is 0 Å². The highest BCUT2D eigenvalue weighted by Crippen LogP contribution is 2.28. The Morgan fingerprint density at radius 1 is 1.21 bits per heavy atom. The van der Waals surface area contributed by atoms with Crippen LogP contribution in [0.25, 0.3) is 0 Å². The minimum atomic E-state index is 0.643. The molecule has 1 heterocycles. The van der Waals surface area contributed by atoms with E-state index in [1.807, 2.05) is 0 Å². The zero-order valence-electron chi connectivity index (χ0n) is 12.5. The lowest BCUT2D eigenvalue weighted by molar-refractivity contribution is 0.501. The van der Waals surface area contributed by atoms with Crippen LogP contribution in [0.5, 0.6) is 0 Å². The van der Waals surface area contributed by atoms with E-state index in [2.05, 4.69) is 48.3 Å². The van der Waals surface area contributed by atoms with E-state index in [0.717, 1.165) is 13.1 Å². The zero-order valence-corrected chi connectivity index (χ0v) is 12.5. The summed E-state index contributed by atoms with van der Waals surface area (Å²) in [4.78, 5) is 2.66. The Kier molecular flexibility index (Phi) is 5.71. The second-order valence-corrected chi connectivity index (χ2v) is 5.53. The van der Waals surface area contributed by atoms with Crippen molar-refractivity contribution in [3.8, 4) is 0 Å². The number of nitrogens with one attached hydrogen (secondary N) is 1. The molecule has 0 saturated heterocycles. The Balaban J connectivity index is 2.20. The maximum absolute atomic E-state index is 3.54. The standard InChI is InChI=1S/C17H28N2/c1-3-9-16(14-18-4-2)19-13-8-7-11-15-10-5-6-12-17(15)19/h5-6,10,12,16,18H,3-4,7-9,11,13-14H2,1-2H3. The topological polar surface area (TPSA) is 15.3 Å². The van der Waals surface area contributed by atoms with Gasteiger partial charge in [0.1, 0.15) is 0 Å². The monoisotopic (exact) mass is 260 g/mol. The predicted molar refractivity (Wildman–Crippen MR) is 84.0 cm³/mol. The van der Waals surface area contributed by atoms with Crippen LogP contribution in [0.1, 0.15) is 45.1 Å². The fraction of sp³-hybridized carbons (Fsp3) is 0.647. The number of fused-ring (bicyclic) bond motifs is 1. The van der Waals surface area contributed by atoms with Crippen LogP contribution in [0.3, 0.4) is 0 Å². The van der Waals surface area contributed by atoms with E-state index >= 15 is 0 Å². The first-order valence-electron chi connectivity index (χ1n) is 7.92. The summed E-state index contributed by atoms with van der Waals surface area (Å²) >= 11 is 0. The smallest absolute Gasteiger partial charge is 0.0414 e. The highest BCUT2D eigenvalue weighted by atomic mass is 15.2. The fourth-order valence-corrected chi connectivity index (χ4v) is 3.11. The molecule has 1 aromatic carbocycles. The second kappa shape index (κ2) is 7.54. The molecule has 1 N–H and O–H groups in total. The molecule has 0 aromatic heterocycles. The van der Waals surface area contributed by atoms with Crippen LogP contribution in [0.15, 0.2) is 24.3 Å². The molecule has 0 fully saturated rings. The van der Waals surface area contributed by atoms with Crippen molar-refractivity contribution in [1.82, 2.24) is 5.32 Å². The molecule has 1 aliphatic heterocycles. The number of likely N-dealkylation sites (N-methyl/N-ethyl adjacent to an activating group) is 1. The van der Waals surface area contributed by atoms with Gasteiger partial charge < -0.3 is 10.2 Å². The highest BCUT2D eigenvalue weighted by Gasteiger charge is 2.21. The van der Waals surface area contributed by atoms with E-state index in [9.17, 15) is 0 Å². The first-order valence-corrected chi connectivity index (χ1v) is 7.92. The number of anilines is 1. The number of nitrogens with zero attached hydrogens (tertiary/aromatic N) is 1. The first-order chi connectivity index (χ1) is 9.36. The SMILES string of the molecule is CCCC(CNCC)N1CCCCc2ccccc21. The molecule has 0 amide bonds. The van der Waals surface area contributed by atoms with Gasteiger partial charge in [0.15, 0.2) is 0 Å². The van der Waals surface area contributed by atoms with Gasteiger partial charge in [0.25, 0.3) is 0 Å². The van der Waals surface area contributed by atoms with Gasteiger partial charge in [0.05, 0.1) is 0 Å². The van der Waals surface area contributed by atoms with Gasteiger partial charge in [-0.05, 0) is 43.9 Å². The predicted octanol–water partition coefficient (Wildman–Crippen LogP) is 3.61. The first kappa shape index (κ1) is 14.4. The average molecular weight is 260 g/mol. The molecule has 1 aromatic rings. The number of hydrogen-bond acceptors (Lipinski definition) is 2. The summed E-state index contributed by atoms with van der Waals surface area (Å²) in [5, 5.41) is 3.54. The van der Waals surface area contributed by atoms with Crippen molar-refractivity contribution in [3.05, 3.63) is 29.8 Å². The highest BCUT2D eigenvalue weighted by molar-refractivity contribution is 5.55. The molecular formula is C17H28N2. The molecule has 1 atom stereocenters. The minimum Gasteiger partial charge on any atom is -0.367 e. The number of rotatable bonds is 6. The number of benzene rings is 1. The number of aryl methyl sites for hydroxylation is 1. The van der Waals surface area contributed by atoms with Crippen LogP contribution in [0, 0.1) is 0 Å². The molecule has 2 heteroatoms. The maximum Gasteiger partial charge on any atom is 0.0414 e. The molecule has 0 spiro atoms. The molecule has 0 bridgehead atoms. The quantitative estimate of drug-likeness (QED) is 0.840. The van der Waals surface area contributed by atoms with Crippen molar-refractivity contribution in [2.24, 2.45) is 0 Å². The lowest BCUT2D eigenvalue weighted by Crippen LogP contribution is -2.43. The van der Waals surface area contributed by atoms with E-state index in [-0.39, 0.29) is 0 Å². The van der Waals surface area contributed by atoms with Gasteiger partial charge in [-0.1, -0.05) is 38.5 Å². The summed E-state index contributed by atoms with van der Waals surface area (Å²) in [7, 11) is 0. The average Bonchev–Trinajstić information content (AvgIpc) is 2.66. The maximum atomic E-state index is 3.54. The molecule has 1 unspecified atom stereocenters. The molecule has 2 rings (SSSR count). The zero-order chi connectivity index (χ0) is 13.5. The fourth-order valence-electron chi connectivity index (χ4n) is 3.11. The van der Waals surface area contributed by atoms with Gasteiger partial charge in [0.2, 0.25) is 0 Å². The van der Waals surface area contributed by atoms with E-state index < -0.39 is 0 Å². The van der Waals surface area contributed by atoms with Crippen LogP contribution in [0.2, 0.25) is 0 Å². The Morgan fingerprint density at radius 3 is 2.84 bits per heavy atom. The lowest BCUT2D eigenvalue weighted by atomic mass is 10.1. The van der Waals surface area contributed by atoms with Crippen molar-refractivity contribution in [1.29, 1.82) is 0 Å². The summed E-state index contributed by atoms with van der Waals surface area (Å²) < 4.78 is 0. The summed E-state index contributed by atoms with van der Waals surface area (Å²) in [5.74, 6) is 0. The lowest BCUT2D eigenvalue weighted by Gasteiger charge is -2.34. The minimum absolute atomic E-state index is 0.643. The third-order valence-electron chi connectivity index (χ3n) is 4.09. The van der Waals surface area contributed by atoms with Crippen LogP contribution >= 0.6 is 0 Å². The van der Waals surface area contributed by atoms with Gasteiger partial charge in [-0.25, -0.2) is 0 Å². The molecule has 1 aliphatic rings. The van der Waals surface area contributed by atoms with Crippen molar-refractivity contribution in [2.75, 3.05) is 24.5 Å². The molecule has 0 radical (unpaired) electrons. The van der Waals surface area contributed by atoms with E-state index in [1.165, 1.54) is 49.9 Å². The van der Waals surface area contributed by atoms with E-state index in [0.29, 0.717) is 6.04 Å². The Labute approximate surface area is 118 Å². The van der Waals surface area contributed by atoms with Crippen LogP contribution in [-0.2, 0) is 6.42 Å². The van der Waals surface area contributed by atoms with Crippen LogP contribution in [-0.4, -0.2) is 25.7 Å². The summed E-state index contributed by atoms with van der Waals surface area (Å²) in [6.07, 6.45) is 6.43. The third kappa shape index (κ3) is 3.73. The molecular weight excluding hydrogens is 232 g/mol. The van der Waals surface area contributed by atoms with Crippen molar-refractivity contribution < 1.29 is 0 Å². The van der Waals surface area contributed by atoms with Gasteiger partial charge in [-0.15, -0.1) is 0 Å². The number of para-hydroxylation sites is 1. The van der Waals surface area contributed by atoms with Crippen LogP contribution < -0.4 is 10.2 Å². The van der Waals surface area contributed by atoms with Crippen molar-refractivity contribution in [3.63, 3.8) is 0 Å². The van der Waals surface area contributed by atoms with Gasteiger partial charge >= 0.3 is 0 Å². The summed E-state index contributed by atoms with van der Waals surface area (Å²) in [6, 6.07) is 9.64. The molecule has 19 heavy (non-hydrogen) atoms. The van der Waals surface area contributed by atoms with Crippen molar-refractivity contribution >= 4 is 5.69 Å². The molecule has 0 saturated carbocycles. The molecule has 2 nitrogen and oxygen atoms in total. The number of hydrogen-bond donors (Lipinski definition) is 1. The largest absolute Gasteiger partial charge is 0.367 e. The molecule has 0 aliphatic carbocycles. The van der Waals surface area contributed by atoms with E-state index in [4.69, 9.17) is 0 Å².